The molecule has 0 amide bonds. The summed E-state index contributed by atoms with van der Waals surface area (Å²) < 4.78 is 0. The van der Waals surface area contributed by atoms with Crippen molar-refractivity contribution in [3.63, 3.8) is 0 Å². The van der Waals surface area contributed by atoms with Gasteiger partial charge in [0.2, 0.25) is 0 Å². The molecule has 3 fully saturated rings. The average Bonchev–Trinajstić information content (AvgIpc) is 3.01. The molecular weight excluding hydrogens is 504 g/mol. The minimum Gasteiger partial charge on any atom is -0.0670 e. The van der Waals surface area contributed by atoms with Crippen molar-refractivity contribution in [2.45, 2.75) is 226 Å². The lowest BCUT2D eigenvalue weighted by Gasteiger charge is -2.61. The molecular formula is C42H76. The molecule has 0 aromatic heterocycles. The molecule has 0 radical (unpaired) electrons. The van der Waals surface area contributed by atoms with Crippen molar-refractivity contribution >= 4 is 0 Å². The molecule has 0 aromatic rings. The summed E-state index contributed by atoms with van der Waals surface area (Å²) in [6, 6.07) is 0. The highest BCUT2D eigenvalue weighted by Crippen LogP contribution is 2.67. The topological polar surface area (TPSA) is 0 Å². The molecule has 0 heterocycles. The molecule has 0 bridgehead atoms. The second kappa shape index (κ2) is 18.6. The van der Waals surface area contributed by atoms with Gasteiger partial charge >= 0.3 is 0 Å². The lowest BCUT2D eigenvalue weighted by atomic mass is 9.43. The van der Waals surface area contributed by atoms with Crippen molar-refractivity contribution in [1.82, 2.24) is 0 Å². The number of rotatable bonds is 16. The van der Waals surface area contributed by atoms with E-state index in [4.69, 9.17) is 0 Å². The van der Waals surface area contributed by atoms with Crippen LogP contribution in [0.5, 0.6) is 0 Å². The zero-order valence-corrected chi connectivity index (χ0v) is 29.4. The van der Waals surface area contributed by atoms with Gasteiger partial charge in [0.05, 0.1) is 0 Å². The summed E-state index contributed by atoms with van der Waals surface area (Å²) >= 11 is 0. The highest BCUT2D eigenvalue weighted by molar-refractivity contribution is 5.34. The van der Waals surface area contributed by atoms with E-state index >= 15 is 0 Å². The van der Waals surface area contributed by atoms with E-state index in [2.05, 4.69) is 31.9 Å². The summed E-state index contributed by atoms with van der Waals surface area (Å²) in [6.07, 6.45) is 48.0. The van der Waals surface area contributed by atoms with E-state index in [0.717, 1.165) is 17.8 Å². The Labute approximate surface area is 265 Å². The predicted molar refractivity (Wildman–Crippen MR) is 187 cm³/mol. The molecule has 4 aliphatic rings. The standard InChI is InChI=1S/C42H76/c1-4-6-8-10-15-25-34-42(33-24-14-9-7-5-2)35-32-39(36-26-18-12-11-13-19-27-36)40(37-28-20-16-21-29-37)41(42,3)38-30-22-17-23-31-38/h36-38H,4-35H2,1-3H3. The summed E-state index contributed by atoms with van der Waals surface area (Å²) in [5, 5.41) is 0. The first kappa shape index (κ1) is 34.6. The van der Waals surface area contributed by atoms with Gasteiger partial charge in [-0.1, -0.05) is 173 Å². The van der Waals surface area contributed by atoms with Crippen molar-refractivity contribution in [2.75, 3.05) is 0 Å². The zero-order valence-electron chi connectivity index (χ0n) is 29.4. The second-order valence-electron chi connectivity index (χ2n) is 16.3. The van der Waals surface area contributed by atoms with Crippen LogP contribution in [0, 0.1) is 28.6 Å². The van der Waals surface area contributed by atoms with Crippen LogP contribution in [-0.2, 0) is 0 Å². The summed E-state index contributed by atoms with van der Waals surface area (Å²) in [7, 11) is 0. The van der Waals surface area contributed by atoms with Crippen LogP contribution in [0.2, 0.25) is 0 Å². The summed E-state index contributed by atoms with van der Waals surface area (Å²) in [5.41, 5.74) is 5.32. The van der Waals surface area contributed by atoms with E-state index < -0.39 is 0 Å². The Morgan fingerprint density at radius 3 is 1.48 bits per heavy atom. The monoisotopic (exact) mass is 581 g/mol. The molecule has 4 aliphatic carbocycles. The van der Waals surface area contributed by atoms with Crippen LogP contribution < -0.4 is 0 Å². The van der Waals surface area contributed by atoms with E-state index in [-0.39, 0.29) is 0 Å². The first-order chi connectivity index (χ1) is 20.7. The molecule has 0 aliphatic heterocycles. The van der Waals surface area contributed by atoms with Crippen LogP contribution in [0.15, 0.2) is 11.1 Å². The number of hydrogen-bond donors (Lipinski definition) is 0. The summed E-state index contributed by atoms with van der Waals surface area (Å²) in [5.74, 6) is 2.82. The normalized spacial score (nSPS) is 29.5. The van der Waals surface area contributed by atoms with Crippen LogP contribution in [0.25, 0.3) is 0 Å². The lowest BCUT2D eigenvalue weighted by Crippen LogP contribution is -2.52. The fourth-order valence-electron chi connectivity index (χ4n) is 11.2. The summed E-state index contributed by atoms with van der Waals surface area (Å²) in [4.78, 5) is 0. The Morgan fingerprint density at radius 2 is 0.929 bits per heavy atom. The van der Waals surface area contributed by atoms with Gasteiger partial charge in [-0.05, 0) is 92.8 Å². The largest absolute Gasteiger partial charge is 0.0670 e. The Hall–Kier alpha value is -0.260. The van der Waals surface area contributed by atoms with Crippen LogP contribution in [0.3, 0.4) is 0 Å². The SMILES string of the molecule is CCCCCCCCC1(CCCCCCC)CCC(C2CCCCCCC2)=C(C2CCCCC2)C1(C)C1CCCCC1. The van der Waals surface area contributed by atoms with Gasteiger partial charge in [0.1, 0.15) is 0 Å². The molecule has 42 heavy (non-hydrogen) atoms. The maximum absolute atomic E-state index is 2.97. The molecule has 2 atom stereocenters. The third-order valence-electron chi connectivity index (χ3n) is 13.7. The molecule has 2 unspecified atom stereocenters. The minimum absolute atomic E-state index is 0.472. The number of allylic oxidation sites excluding steroid dienone is 2. The number of unbranched alkanes of at least 4 members (excludes halogenated alkanes) is 9. The van der Waals surface area contributed by atoms with Gasteiger partial charge in [-0.15, -0.1) is 0 Å². The van der Waals surface area contributed by atoms with Gasteiger partial charge < -0.3 is 0 Å². The van der Waals surface area contributed by atoms with Gasteiger partial charge in [-0.2, -0.15) is 0 Å². The van der Waals surface area contributed by atoms with Gasteiger partial charge in [0.25, 0.3) is 0 Å². The molecule has 0 aromatic carbocycles. The Morgan fingerprint density at radius 1 is 0.500 bits per heavy atom. The van der Waals surface area contributed by atoms with Crippen LogP contribution in [-0.4, -0.2) is 0 Å². The maximum atomic E-state index is 2.97. The fraction of sp³-hybridized carbons (Fsp3) is 0.952. The van der Waals surface area contributed by atoms with E-state index in [0.29, 0.717) is 10.8 Å². The molecule has 244 valence electrons. The van der Waals surface area contributed by atoms with Gasteiger partial charge in [-0.3, -0.25) is 0 Å². The second-order valence-corrected chi connectivity index (χ2v) is 16.3. The average molecular weight is 581 g/mol. The fourth-order valence-corrected chi connectivity index (χ4v) is 11.2. The molecule has 0 heteroatoms. The van der Waals surface area contributed by atoms with Crippen LogP contribution in [0.1, 0.15) is 226 Å². The quantitative estimate of drug-likeness (QED) is 0.126. The maximum Gasteiger partial charge on any atom is -0.00261 e. The van der Waals surface area contributed by atoms with Crippen molar-refractivity contribution < 1.29 is 0 Å². The third kappa shape index (κ3) is 8.93. The highest BCUT2D eigenvalue weighted by Gasteiger charge is 2.57. The Bertz CT molecular complexity index is 740. The smallest absolute Gasteiger partial charge is 0.00261 e. The molecule has 0 N–H and O–H groups in total. The van der Waals surface area contributed by atoms with E-state index in [1.54, 1.807) is 32.1 Å². The third-order valence-corrected chi connectivity index (χ3v) is 13.7. The Kier molecular flexibility index (Phi) is 15.4. The van der Waals surface area contributed by atoms with Crippen LogP contribution >= 0.6 is 0 Å². The van der Waals surface area contributed by atoms with Gasteiger partial charge in [0.15, 0.2) is 0 Å². The lowest BCUT2D eigenvalue weighted by molar-refractivity contribution is -0.0386. The minimum atomic E-state index is 0.472. The van der Waals surface area contributed by atoms with E-state index in [1.165, 1.54) is 173 Å². The first-order valence-corrected chi connectivity index (χ1v) is 20.4. The molecule has 0 spiro atoms. The van der Waals surface area contributed by atoms with E-state index in [9.17, 15) is 0 Å². The molecule has 3 saturated carbocycles. The van der Waals surface area contributed by atoms with Gasteiger partial charge in [0, 0.05) is 0 Å². The predicted octanol–water partition coefficient (Wildman–Crippen LogP) is 14.7. The van der Waals surface area contributed by atoms with Crippen molar-refractivity contribution in [3.05, 3.63) is 11.1 Å². The van der Waals surface area contributed by atoms with Crippen molar-refractivity contribution in [2.24, 2.45) is 28.6 Å². The van der Waals surface area contributed by atoms with E-state index in [1.807, 2.05) is 0 Å². The van der Waals surface area contributed by atoms with Crippen molar-refractivity contribution in [3.8, 4) is 0 Å². The molecule has 0 saturated heterocycles. The highest BCUT2D eigenvalue weighted by atomic mass is 14.6. The van der Waals surface area contributed by atoms with Gasteiger partial charge in [-0.25, -0.2) is 0 Å². The molecule has 4 rings (SSSR count). The van der Waals surface area contributed by atoms with Crippen molar-refractivity contribution in [1.29, 1.82) is 0 Å². The molecule has 0 nitrogen and oxygen atoms in total. The zero-order chi connectivity index (χ0) is 29.5. The number of hydrogen-bond acceptors (Lipinski definition) is 0. The summed E-state index contributed by atoms with van der Waals surface area (Å²) in [6.45, 7) is 7.73. The van der Waals surface area contributed by atoms with Crippen LogP contribution in [0.4, 0.5) is 0 Å². The first-order valence-electron chi connectivity index (χ1n) is 20.4. The Balaban J connectivity index is 1.73.